The second-order valence-electron chi connectivity index (χ2n) is 10.2. The summed E-state index contributed by atoms with van der Waals surface area (Å²) in [6.07, 6.45) is 7.38. The zero-order valence-corrected chi connectivity index (χ0v) is 20.1. The lowest BCUT2D eigenvalue weighted by Gasteiger charge is -2.57. The molecule has 8 heteroatoms. The standard InChI is InChI=1S/C25H31ClN2O4S/c26-24-22(2-1-3-23(24)33(27,30)31)19-4-6-21(7-5-19)32-15-20(29)14-28-25-11-16-8-17(12-25)10-18(9-16)13-25/h1-7,16-18,20,28-29H,8-15H2,(H2,27,30,31). The van der Waals surface area contributed by atoms with Crippen molar-refractivity contribution in [1.82, 2.24) is 5.32 Å². The number of halogens is 1. The topological polar surface area (TPSA) is 102 Å². The Bertz CT molecular complexity index is 1080. The molecule has 0 aromatic heterocycles. The van der Waals surface area contributed by atoms with Crippen LogP contribution in [0.25, 0.3) is 11.1 Å². The Hall–Kier alpha value is -1.64. The van der Waals surface area contributed by atoms with Gasteiger partial charge in [0, 0.05) is 17.6 Å². The molecule has 4 bridgehead atoms. The minimum atomic E-state index is -3.90. The first kappa shape index (κ1) is 23.1. The molecule has 0 radical (unpaired) electrons. The van der Waals surface area contributed by atoms with Gasteiger partial charge in [-0.2, -0.15) is 0 Å². The average molecular weight is 491 g/mol. The monoisotopic (exact) mass is 490 g/mol. The number of rotatable bonds is 8. The molecule has 4 saturated carbocycles. The number of primary sulfonamides is 1. The van der Waals surface area contributed by atoms with E-state index >= 15 is 0 Å². The van der Waals surface area contributed by atoms with Gasteiger partial charge in [0.15, 0.2) is 0 Å². The molecular formula is C25H31ClN2O4S. The summed E-state index contributed by atoms with van der Waals surface area (Å²) in [7, 11) is -3.90. The van der Waals surface area contributed by atoms with Crippen LogP contribution in [0, 0.1) is 17.8 Å². The van der Waals surface area contributed by atoms with Gasteiger partial charge in [0.05, 0.1) is 5.02 Å². The maximum absolute atomic E-state index is 11.7. The second kappa shape index (κ2) is 8.86. The van der Waals surface area contributed by atoms with Crippen molar-refractivity contribution >= 4 is 21.6 Å². The zero-order valence-electron chi connectivity index (χ0n) is 18.5. The molecule has 33 heavy (non-hydrogen) atoms. The molecule has 0 aliphatic heterocycles. The van der Waals surface area contributed by atoms with Crippen molar-refractivity contribution in [3.63, 3.8) is 0 Å². The van der Waals surface area contributed by atoms with E-state index in [-0.39, 0.29) is 22.1 Å². The van der Waals surface area contributed by atoms with Crippen molar-refractivity contribution in [2.45, 2.75) is 55.1 Å². The average Bonchev–Trinajstić information content (AvgIpc) is 2.75. The van der Waals surface area contributed by atoms with Crippen molar-refractivity contribution in [3.8, 4) is 16.9 Å². The Balaban J connectivity index is 1.16. The van der Waals surface area contributed by atoms with Crippen LogP contribution in [-0.2, 0) is 10.0 Å². The fraction of sp³-hybridized carbons (Fsp3) is 0.520. The van der Waals surface area contributed by atoms with Crippen LogP contribution >= 0.6 is 11.6 Å². The highest BCUT2D eigenvalue weighted by Crippen LogP contribution is 2.55. The van der Waals surface area contributed by atoms with Gasteiger partial charge in [0.1, 0.15) is 23.4 Å². The number of nitrogens with one attached hydrogen (secondary N) is 1. The van der Waals surface area contributed by atoms with E-state index in [1.165, 1.54) is 44.6 Å². The Morgan fingerprint density at radius 1 is 1.06 bits per heavy atom. The summed E-state index contributed by atoms with van der Waals surface area (Å²) >= 11 is 6.29. The van der Waals surface area contributed by atoms with Gasteiger partial charge < -0.3 is 15.2 Å². The smallest absolute Gasteiger partial charge is 0.239 e. The number of hydrogen-bond acceptors (Lipinski definition) is 5. The van der Waals surface area contributed by atoms with Gasteiger partial charge in [0.2, 0.25) is 10.0 Å². The van der Waals surface area contributed by atoms with Crippen LogP contribution in [-0.4, -0.2) is 38.3 Å². The van der Waals surface area contributed by atoms with Crippen molar-refractivity contribution in [2.24, 2.45) is 22.9 Å². The Morgan fingerprint density at radius 3 is 2.24 bits per heavy atom. The van der Waals surface area contributed by atoms with Crippen LogP contribution in [0.4, 0.5) is 0 Å². The maximum atomic E-state index is 11.7. The van der Waals surface area contributed by atoms with E-state index in [1.54, 1.807) is 24.3 Å². The molecule has 0 heterocycles. The molecule has 4 aliphatic rings. The fourth-order valence-corrected chi connectivity index (χ4v) is 7.78. The molecule has 178 valence electrons. The first-order valence-electron chi connectivity index (χ1n) is 11.7. The van der Waals surface area contributed by atoms with Gasteiger partial charge in [-0.3, -0.25) is 0 Å². The van der Waals surface area contributed by atoms with Gasteiger partial charge >= 0.3 is 0 Å². The first-order valence-corrected chi connectivity index (χ1v) is 13.6. The fourth-order valence-electron chi connectivity index (χ4n) is 6.60. The first-order chi connectivity index (χ1) is 15.7. The predicted molar refractivity (Wildman–Crippen MR) is 129 cm³/mol. The summed E-state index contributed by atoms with van der Waals surface area (Å²) in [5, 5.41) is 19.6. The molecule has 2 aromatic rings. The third kappa shape index (κ3) is 4.93. The van der Waals surface area contributed by atoms with E-state index in [9.17, 15) is 13.5 Å². The van der Waals surface area contributed by atoms with Crippen LogP contribution in [0.3, 0.4) is 0 Å². The van der Waals surface area contributed by atoms with Crippen molar-refractivity contribution < 1.29 is 18.3 Å². The lowest BCUT2D eigenvalue weighted by atomic mass is 9.53. The van der Waals surface area contributed by atoms with Crippen LogP contribution in [0.2, 0.25) is 5.02 Å². The third-order valence-corrected chi connectivity index (χ3v) is 9.10. The summed E-state index contributed by atoms with van der Waals surface area (Å²) in [5.41, 5.74) is 1.55. The lowest BCUT2D eigenvalue weighted by molar-refractivity contribution is -0.0266. The van der Waals surface area contributed by atoms with E-state index in [0.29, 0.717) is 17.9 Å². The molecule has 4 aliphatic carbocycles. The molecule has 2 aromatic carbocycles. The number of ether oxygens (including phenoxy) is 1. The number of aliphatic hydroxyl groups is 1. The zero-order chi connectivity index (χ0) is 23.2. The quantitative estimate of drug-likeness (QED) is 0.520. The highest BCUT2D eigenvalue weighted by molar-refractivity contribution is 7.89. The number of β-amino-alcohol motifs (C(OH)–C–C–N with tert-alkyl or cyclic N) is 1. The SMILES string of the molecule is NS(=O)(=O)c1cccc(-c2ccc(OCC(O)CNC34CC5CC(CC(C5)C3)C4)cc2)c1Cl. The molecule has 0 saturated heterocycles. The molecule has 4 N–H and O–H groups in total. The summed E-state index contributed by atoms with van der Waals surface area (Å²) < 4.78 is 29.2. The van der Waals surface area contributed by atoms with Gasteiger partial charge in [-0.05, 0) is 80.0 Å². The normalized spacial score (nSPS) is 29.2. The molecule has 0 amide bonds. The van der Waals surface area contributed by atoms with Crippen molar-refractivity contribution in [3.05, 3.63) is 47.5 Å². The number of nitrogens with two attached hydrogens (primary N) is 1. The van der Waals surface area contributed by atoms with Gasteiger partial charge in [-0.1, -0.05) is 35.9 Å². The van der Waals surface area contributed by atoms with Gasteiger partial charge in [-0.25, -0.2) is 13.6 Å². The largest absolute Gasteiger partial charge is 0.491 e. The second-order valence-corrected chi connectivity index (χ2v) is 12.1. The van der Waals surface area contributed by atoms with Crippen LogP contribution in [0.5, 0.6) is 5.75 Å². The van der Waals surface area contributed by atoms with E-state index in [2.05, 4.69) is 5.32 Å². The highest BCUT2D eigenvalue weighted by Gasteiger charge is 2.50. The molecule has 4 fully saturated rings. The van der Waals surface area contributed by atoms with Gasteiger partial charge in [-0.15, -0.1) is 0 Å². The number of hydrogen-bond donors (Lipinski definition) is 3. The van der Waals surface area contributed by atoms with E-state index in [4.69, 9.17) is 21.5 Å². The number of aliphatic hydroxyl groups excluding tert-OH is 1. The molecule has 0 spiro atoms. The van der Waals surface area contributed by atoms with Crippen LogP contribution < -0.4 is 15.2 Å². The summed E-state index contributed by atoms with van der Waals surface area (Å²) in [6.45, 7) is 0.751. The van der Waals surface area contributed by atoms with Crippen molar-refractivity contribution in [2.75, 3.05) is 13.2 Å². The summed E-state index contributed by atoms with van der Waals surface area (Å²) in [4.78, 5) is -0.100. The van der Waals surface area contributed by atoms with Crippen molar-refractivity contribution in [1.29, 1.82) is 0 Å². The lowest BCUT2D eigenvalue weighted by Crippen LogP contribution is -2.59. The van der Waals surface area contributed by atoms with E-state index in [1.807, 2.05) is 12.1 Å². The molecule has 1 atom stereocenters. The van der Waals surface area contributed by atoms with E-state index < -0.39 is 16.1 Å². The number of sulfonamides is 1. The summed E-state index contributed by atoms with van der Waals surface area (Å²) in [6, 6.07) is 11.9. The highest BCUT2D eigenvalue weighted by atomic mass is 35.5. The maximum Gasteiger partial charge on any atom is 0.239 e. The van der Waals surface area contributed by atoms with Gasteiger partial charge in [0.25, 0.3) is 0 Å². The summed E-state index contributed by atoms with van der Waals surface area (Å²) in [5.74, 6) is 3.24. The number of benzene rings is 2. The van der Waals surface area contributed by atoms with Crippen LogP contribution in [0.1, 0.15) is 38.5 Å². The minimum Gasteiger partial charge on any atom is -0.491 e. The molecule has 1 unspecified atom stereocenters. The van der Waals surface area contributed by atoms with E-state index in [0.717, 1.165) is 23.3 Å². The molecule has 6 nitrogen and oxygen atoms in total. The molecular weight excluding hydrogens is 460 g/mol. The Kier molecular flexibility index (Phi) is 6.20. The third-order valence-electron chi connectivity index (χ3n) is 7.63. The molecule has 6 rings (SSSR count). The predicted octanol–water partition coefficient (Wildman–Crippen LogP) is 3.95. The Morgan fingerprint density at radius 2 is 1.67 bits per heavy atom. The Labute approximate surface area is 200 Å². The minimum absolute atomic E-state index is 0.0971. The van der Waals surface area contributed by atoms with Crippen LogP contribution in [0.15, 0.2) is 47.4 Å².